The number of thioether (sulfide) groups is 1. The van der Waals surface area contributed by atoms with Crippen molar-refractivity contribution in [3.05, 3.63) is 82.9 Å². The van der Waals surface area contributed by atoms with Crippen LogP contribution in [0.1, 0.15) is 16.7 Å². The minimum absolute atomic E-state index is 0.0450. The van der Waals surface area contributed by atoms with Gasteiger partial charge < -0.3 is 0 Å². The van der Waals surface area contributed by atoms with E-state index in [0.717, 1.165) is 5.56 Å². The molecule has 1 aliphatic heterocycles. The van der Waals surface area contributed by atoms with Gasteiger partial charge in [0.2, 0.25) is 5.91 Å². The predicted molar refractivity (Wildman–Crippen MR) is 115 cm³/mol. The molecule has 2 aromatic carbocycles. The van der Waals surface area contributed by atoms with Gasteiger partial charge >= 0.3 is 0 Å². The molecule has 27 heavy (non-hydrogen) atoms. The summed E-state index contributed by atoms with van der Waals surface area (Å²) in [6.45, 7) is 6.23. The van der Waals surface area contributed by atoms with Crippen molar-refractivity contribution in [1.29, 1.82) is 0 Å². The largest absolute Gasteiger partial charge is 0.285 e. The summed E-state index contributed by atoms with van der Waals surface area (Å²) in [6.07, 6.45) is 4.02. The molecular weight excluding hydrogens is 378 g/mol. The lowest BCUT2D eigenvalue weighted by Crippen LogP contribution is -2.32. The molecule has 0 N–H and O–H groups in total. The number of carbonyl (C=O) groups excluding carboxylic acids is 1. The summed E-state index contributed by atoms with van der Waals surface area (Å²) in [6, 6.07) is 15.5. The second kappa shape index (κ2) is 9.02. The van der Waals surface area contributed by atoms with Crippen LogP contribution in [0.2, 0.25) is 5.02 Å². The molecule has 1 amide bonds. The molecule has 1 saturated heterocycles. The smallest absolute Gasteiger partial charge is 0.242 e. The van der Waals surface area contributed by atoms with E-state index in [1.54, 1.807) is 29.3 Å². The highest BCUT2D eigenvalue weighted by molar-refractivity contribution is 8.15. The van der Waals surface area contributed by atoms with E-state index in [1.807, 2.05) is 24.3 Å². The van der Waals surface area contributed by atoms with Crippen LogP contribution < -0.4 is 0 Å². The van der Waals surface area contributed by atoms with Crippen LogP contribution in [0.4, 0.5) is 0 Å². The zero-order valence-electron chi connectivity index (χ0n) is 15.0. The predicted octanol–water partition coefficient (Wildman–Crippen LogP) is 4.71. The summed E-state index contributed by atoms with van der Waals surface area (Å²) in [7, 11) is 0. The lowest BCUT2D eigenvalue weighted by molar-refractivity contribution is -0.125. The number of benzene rings is 2. The number of aryl methyl sites for hydroxylation is 1. The maximum absolute atomic E-state index is 12.8. The van der Waals surface area contributed by atoms with Gasteiger partial charge in [0.05, 0.1) is 11.5 Å². The Kier molecular flexibility index (Phi) is 6.48. The van der Waals surface area contributed by atoms with Crippen molar-refractivity contribution >= 4 is 40.7 Å². The van der Waals surface area contributed by atoms with E-state index in [-0.39, 0.29) is 11.2 Å². The van der Waals surface area contributed by atoms with Crippen LogP contribution in [-0.4, -0.2) is 34.0 Å². The Bertz CT molecular complexity index is 893. The molecule has 1 fully saturated rings. The fraction of sp³-hybridized carbons (Fsp3) is 0.190. The number of nitrogens with zero attached hydrogens (tertiary/aromatic N) is 3. The van der Waals surface area contributed by atoms with Gasteiger partial charge in [-0.25, -0.2) is 0 Å². The van der Waals surface area contributed by atoms with Crippen LogP contribution in [-0.2, 0) is 11.2 Å². The first-order valence-electron chi connectivity index (χ1n) is 8.58. The Morgan fingerprint density at radius 3 is 2.67 bits per heavy atom. The number of carbonyl (C=O) groups is 1. The van der Waals surface area contributed by atoms with Crippen molar-refractivity contribution in [2.24, 2.45) is 10.2 Å². The van der Waals surface area contributed by atoms with Crippen LogP contribution >= 0.6 is 23.4 Å². The fourth-order valence-electron chi connectivity index (χ4n) is 2.75. The number of halogens is 1. The molecular formula is C21H20ClN3OS. The summed E-state index contributed by atoms with van der Waals surface area (Å²) in [5, 5.41) is 9.50. The van der Waals surface area contributed by atoms with Crippen molar-refractivity contribution in [1.82, 2.24) is 4.90 Å². The van der Waals surface area contributed by atoms with Crippen molar-refractivity contribution in [3.8, 4) is 0 Å². The number of amidine groups is 1. The standard InChI is InChI=1S/C21H20ClN3OS/c1-3-12-25-20(26)19(13-17-7-5-4-6-15(17)2)27-21(25)24-23-14-16-8-10-18(22)11-9-16/h3-11,14,19H,1,12-13H2,2H3/b23-14-,24-21-/t19-/m1/s1. The highest BCUT2D eigenvalue weighted by atomic mass is 35.5. The lowest BCUT2D eigenvalue weighted by atomic mass is 10.0. The molecule has 4 nitrogen and oxygen atoms in total. The van der Waals surface area contributed by atoms with Gasteiger partial charge in [-0.05, 0) is 42.2 Å². The molecule has 3 rings (SSSR count). The van der Waals surface area contributed by atoms with Gasteiger partial charge in [0.1, 0.15) is 0 Å². The number of hydrogen-bond donors (Lipinski definition) is 0. The number of amides is 1. The van der Waals surface area contributed by atoms with E-state index < -0.39 is 0 Å². The van der Waals surface area contributed by atoms with Gasteiger partial charge in [0.25, 0.3) is 0 Å². The Labute approximate surface area is 168 Å². The molecule has 0 saturated carbocycles. The quantitative estimate of drug-likeness (QED) is 0.402. The summed E-state index contributed by atoms with van der Waals surface area (Å²) in [5.41, 5.74) is 3.25. The van der Waals surface area contributed by atoms with E-state index in [0.29, 0.717) is 23.2 Å². The third-order valence-corrected chi connectivity index (χ3v) is 5.64. The topological polar surface area (TPSA) is 45.0 Å². The first kappa shape index (κ1) is 19.4. The van der Waals surface area contributed by atoms with E-state index in [4.69, 9.17) is 11.6 Å². The zero-order valence-corrected chi connectivity index (χ0v) is 16.6. The van der Waals surface area contributed by atoms with Gasteiger partial charge in [-0.1, -0.05) is 65.8 Å². The van der Waals surface area contributed by atoms with Gasteiger partial charge in [-0.3, -0.25) is 9.69 Å². The highest BCUT2D eigenvalue weighted by Gasteiger charge is 2.37. The Morgan fingerprint density at radius 1 is 1.22 bits per heavy atom. The summed E-state index contributed by atoms with van der Waals surface area (Å²) >= 11 is 7.34. The summed E-state index contributed by atoms with van der Waals surface area (Å²) < 4.78 is 0. The first-order valence-corrected chi connectivity index (χ1v) is 9.84. The average Bonchev–Trinajstić information content (AvgIpc) is 2.95. The molecule has 0 spiro atoms. The third-order valence-electron chi connectivity index (χ3n) is 4.22. The maximum atomic E-state index is 12.8. The van der Waals surface area contributed by atoms with Gasteiger partial charge in [0, 0.05) is 11.6 Å². The Morgan fingerprint density at radius 2 is 1.96 bits per heavy atom. The molecule has 0 aliphatic carbocycles. The van der Waals surface area contributed by atoms with Crippen molar-refractivity contribution < 1.29 is 4.79 Å². The fourth-order valence-corrected chi connectivity index (χ4v) is 4.00. The minimum Gasteiger partial charge on any atom is -0.285 e. The van der Waals surface area contributed by atoms with Crippen LogP contribution in [0.15, 0.2) is 71.4 Å². The summed E-state index contributed by atoms with van der Waals surface area (Å²) in [4.78, 5) is 14.4. The SMILES string of the molecule is C=CCN1C(=O)[C@@H](Cc2ccccc2C)S/C1=N\N=C/c1ccc(Cl)cc1. The maximum Gasteiger partial charge on any atom is 0.242 e. The molecule has 1 aliphatic rings. The zero-order chi connectivity index (χ0) is 19.2. The highest BCUT2D eigenvalue weighted by Crippen LogP contribution is 2.30. The molecule has 1 atom stereocenters. The minimum atomic E-state index is -0.199. The van der Waals surface area contributed by atoms with E-state index >= 15 is 0 Å². The van der Waals surface area contributed by atoms with Crippen molar-refractivity contribution in [2.75, 3.05) is 6.54 Å². The molecule has 0 bridgehead atoms. The molecule has 1 heterocycles. The van der Waals surface area contributed by atoms with Crippen LogP contribution in [0, 0.1) is 6.92 Å². The van der Waals surface area contributed by atoms with Gasteiger partial charge in [-0.2, -0.15) is 5.10 Å². The lowest BCUT2D eigenvalue weighted by Gasteiger charge is -2.13. The Hall–Kier alpha value is -2.37. The van der Waals surface area contributed by atoms with Crippen LogP contribution in [0.5, 0.6) is 0 Å². The average molecular weight is 398 g/mol. The van der Waals surface area contributed by atoms with E-state index in [2.05, 4.69) is 35.8 Å². The number of rotatable bonds is 6. The molecule has 6 heteroatoms. The molecule has 0 radical (unpaired) electrons. The van der Waals surface area contributed by atoms with E-state index in [1.165, 1.54) is 22.9 Å². The molecule has 138 valence electrons. The summed E-state index contributed by atoms with van der Waals surface area (Å²) in [5.74, 6) is 0.0450. The van der Waals surface area contributed by atoms with Gasteiger partial charge in [-0.15, -0.1) is 11.7 Å². The second-order valence-corrected chi connectivity index (χ2v) is 7.76. The molecule has 0 unspecified atom stereocenters. The van der Waals surface area contributed by atoms with Crippen LogP contribution in [0.25, 0.3) is 0 Å². The van der Waals surface area contributed by atoms with Crippen molar-refractivity contribution in [2.45, 2.75) is 18.6 Å². The third kappa shape index (κ3) is 4.87. The monoisotopic (exact) mass is 397 g/mol. The van der Waals surface area contributed by atoms with Crippen LogP contribution in [0.3, 0.4) is 0 Å². The van der Waals surface area contributed by atoms with E-state index in [9.17, 15) is 4.79 Å². The number of hydrogen-bond acceptors (Lipinski definition) is 4. The molecule has 0 aromatic heterocycles. The van der Waals surface area contributed by atoms with Gasteiger partial charge in [0.15, 0.2) is 5.17 Å². The second-order valence-electron chi connectivity index (χ2n) is 6.15. The molecule has 2 aromatic rings. The first-order chi connectivity index (χ1) is 13.1. The van der Waals surface area contributed by atoms with Crippen molar-refractivity contribution in [3.63, 3.8) is 0 Å². The Balaban J connectivity index is 1.77. The normalized spacial score (nSPS) is 18.6.